The average Bonchev–Trinajstić information content (AvgIpc) is 3.00. The van der Waals surface area contributed by atoms with Crippen LogP contribution in [-0.4, -0.2) is 23.6 Å². The van der Waals surface area contributed by atoms with Crippen molar-refractivity contribution in [2.75, 3.05) is 24.2 Å². The van der Waals surface area contributed by atoms with Crippen molar-refractivity contribution in [3.8, 4) is 0 Å². The molecule has 2 fully saturated rings. The van der Waals surface area contributed by atoms with E-state index in [1.807, 2.05) is 7.05 Å². The number of halogens is 1. The molecule has 0 amide bonds. The molecule has 2 N–H and O–H groups in total. The molecule has 3 rings (SSSR count). The topological polar surface area (TPSA) is 49.8 Å². The molecule has 3 unspecified atom stereocenters. The Hall–Kier alpha value is -1.03. The van der Waals surface area contributed by atoms with Crippen molar-refractivity contribution in [3.63, 3.8) is 0 Å². The highest BCUT2D eigenvalue weighted by Crippen LogP contribution is 2.48. The summed E-state index contributed by atoms with van der Waals surface area (Å²) in [5.41, 5.74) is 0. The predicted octanol–water partition coefficient (Wildman–Crippen LogP) is 3.02. The molecule has 1 aromatic heterocycles. The molecule has 0 radical (unpaired) electrons. The number of anilines is 2. The molecule has 2 bridgehead atoms. The van der Waals surface area contributed by atoms with E-state index in [-0.39, 0.29) is 0 Å². The fourth-order valence-electron chi connectivity index (χ4n) is 3.47. The average molecular weight is 267 g/mol. The van der Waals surface area contributed by atoms with Crippen molar-refractivity contribution >= 4 is 23.4 Å². The fourth-order valence-corrected chi connectivity index (χ4v) is 3.62. The van der Waals surface area contributed by atoms with Crippen LogP contribution < -0.4 is 10.6 Å². The molecule has 3 atom stereocenters. The lowest BCUT2D eigenvalue weighted by atomic mass is 9.89. The van der Waals surface area contributed by atoms with Crippen molar-refractivity contribution in [1.29, 1.82) is 0 Å². The van der Waals surface area contributed by atoms with Crippen LogP contribution in [0.25, 0.3) is 0 Å². The standard InChI is InChI=1S/C13H19ClN4/c1-15-13-17-7-11(14)12(18-13)16-6-10-5-8-2-3-9(10)4-8/h7-10H,2-6H2,1H3,(H2,15,16,17,18). The molecule has 0 aromatic carbocycles. The maximum atomic E-state index is 6.10. The number of nitrogens with zero attached hydrogens (tertiary/aromatic N) is 2. The van der Waals surface area contributed by atoms with Crippen LogP contribution in [0.1, 0.15) is 25.7 Å². The number of aromatic nitrogens is 2. The summed E-state index contributed by atoms with van der Waals surface area (Å²) in [4.78, 5) is 8.43. The molecule has 0 aliphatic heterocycles. The minimum absolute atomic E-state index is 0.595. The molecule has 2 aliphatic rings. The summed E-state index contributed by atoms with van der Waals surface area (Å²) >= 11 is 6.10. The normalized spacial score (nSPS) is 29.6. The van der Waals surface area contributed by atoms with Gasteiger partial charge in [-0.15, -0.1) is 0 Å². The molecule has 1 heterocycles. The minimum atomic E-state index is 0.595. The predicted molar refractivity (Wildman–Crippen MR) is 74.0 cm³/mol. The van der Waals surface area contributed by atoms with Gasteiger partial charge in [-0.1, -0.05) is 18.0 Å². The first-order chi connectivity index (χ1) is 8.76. The highest BCUT2D eigenvalue weighted by molar-refractivity contribution is 6.32. The fraction of sp³-hybridized carbons (Fsp3) is 0.692. The maximum absolute atomic E-state index is 6.10. The van der Waals surface area contributed by atoms with E-state index in [0.717, 1.165) is 30.1 Å². The van der Waals surface area contributed by atoms with E-state index >= 15 is 0 Å². The minimum Gasteiger partial charge on any atom is -0.368 e. The van der Waals surface area contributed by atoms with E-state index in [4.69, 9.17) is 11.6 Å². The van der Waals surface area contributed by atoms with Gasteiger partial charge in [0.05, 0.1) is 6.20 Å². The van der Waals surface area contributed by atoms with Crippen molar-refractivity contribution < 1.29 is 0 Å². The Balaban J connectivity index is 1.62. The van der Waals surface area contributed by atoms with Gasteiger partial charge in [0.2, 0.25) is 5.95 Å². The van der Waals surface area contributed by atoms with Gasteiger partial charge < -0.3 is 10.6 Å². The zero-order valence-corrected chi connectivity index (χ0v) is 11.4. The van der Waals surface area contributed by atoms with E-state index in [1.54, 1.807) is 6.20 Å². The van der Waals surface area contributed by atoms with Gasteiger partial charge in [0.15, 0.2) is 0 Å². The Morgan fingerprint density at radius 1 is 1.39 bits per heavy atom. The highest BCUT2D eigenvalue weighted by atomic mass is 35.5. The molecule has 0 saturated heterocycles. The Labute approximate surface area is 113 Å². The van der Waals surface area contributed by atoms with E-state index in [0.29, 0.717) is 11.0 Å². The van der Waals surface area contributed by atoms with Crippen LogP contribution in [0, 0.1) is 17.8 Å². The van der Waals surface area contributed by atoms with Gasteiger partial charge in [-0.3, -0.25) is 0 Å². The Kier molecular flexibility index (Phi) is 3.29. The lowest BCUT2D eigenvalue weighted by Gasteiger charge is -2.22. The largest absolute Gasteiger partial charge is 0.368 e. The van der Waals surface area contributed by atoms with Gasteiger partial charge >= 0.3 is 0 Å². The van der Waals surface area contributed by atoms with Crippen molar-refractivity contribution in [3.05, 3.63) is 11.2 Å². The summed E-state index contributed by atoms with van der Waals surface area (Å²) in [6.07, 6.45) is 7.31. The number of rotatable bonds is 4. The van der Waals surface area contributed by atoms with Gasteiger partial charge in [0.1, 0.15) is 10.8 Å². The van der Waals surface area contributed by atoms with Crippen molar-refractivity contribution in [2.24, 2.45) is 17.8 Å². The zero-order chi connectivity index (χ0) is 12.5. The molecule has 4 nitrogen and oxygen atoms in total. The van der Waals surface area contributed by atoms with Crippen molar-refractivity contribution in [2.45, 2.75) is 25.7 Å². The monoisotopic (exact) mass is 266 g/mol. The third-order valence-corrected chi connectivity index (χ3v) is 4.66. The quantitative estimate of drug-likeness (QED) is 0.880. The number of hydrogen-bond acceptors (Lipinski definition) is 4. The van der Waals surface area contributed by atoms with Gasteiger partial charge in [-0.25, -0.2) is 4.98 Å². The SMILES string of the molecule is CNc1ncc(Cl)c(NCC2CC3CCC2C3)n1. The summed E-state index contributed by atoms with van der Waals surface area (Å²) in [5.74, 6) is 4.06. The summed E-state index contributed by atoms with van der Waals surface area (Å²) in [7, 11) is 1.81. The summed E-state index contributed by atoms with van der Waals surface area (Å²) in [5, 5.41) is 6.91. The van der Waals surface area contributed by atoms with Crippen LogP contribution in [0.2, 0.25) is 5.02 Å². The smallest absolute Gasteiger partial charge is 0.224 e. The summed E-state index contributed by atoms with van der Waals surface area (Å²) < 4.78 is 0. The lowest BCUT2D eigenvalue weighted by molar-refractivity contribution is 0.348. The van der Waals surface area contributed by atoms with Gasteiger partial charge in [0, 0.05) is 13.6 Å². The first-order valence-electron chi connectivity index (χ1n) is 6.70. The Bertz CT molecular complexity index is 437. The molecule has 5 heteroatoms. The summed E-state index contributed by atoms with van der Waals surface area (Å²) in [6.45, 7) is 0.987. The van der Waals surface area contributed by atoms with E-state index in [9.17, 15) is 0 Å². The van der Waals surface area contributed by atoms with Crippen LogP contribution >= 0.6 is 11.6 Å². The van der Waals surface area contributed by atoms with Gasteiger partial charge in [-0.05, 0) is 37.0 Å². The second kappa shape index (κ2) is 4.92. The molecule has 1 aromatic rings. The Morgan fingerprint density at radius 2 is 2.28 bits per heavy atom. The second-order valence-electron chi connectivity index (χ2n) is 5.46. The number of nitrogens with one attached hydrogen (secondary N) is 2. The maximum Gasteiger partial charge on any atom is 0.224 e. The van der Waals surface area contributed by atoms with Gasteiger partial charge in [0.25, 0.3) is 0 Å². The third-order valence-electron chi connectivity index (χ3n) is 4.38. The molecule has 18 heavy (non-hydrogen) atoms. The van der Waals surface area contributed by atoms with E-state index < -0.39 is 0 Å². The van der Waals surface area contributed by atoms with Crippen molar-refractivity contribution in [1.82, 2.24) is 9.97 Å². The van der Waals surface area contributed by atoms with E-state index in [2.05, 4.69) is 20.6 Å². The molecule has 2 aliphatic carbocycles. The van der Waals surface area contributed by atoms with Crippen LogP contribution in [0.15, 0.2) is 6.20 Å². The number of hydrogen-bond donors (Lipinski definition) is 2. The van der Waals surface area contributed by atoms with Gasteiger partial charge in [-0.2, -0.15) is 4.98 Å². The van der Waals surface area contributed by atoms with Crippen LogP contribution in [0.5, 0.6) is 0 Å². The summed E-state index contributed by atoms with van der Waals surface area (Å²) in [6, 6.07) is 0. The third kappa shape index (κ3) is 2.26. The lowest BCUT2D eigenvalue weighted by Crippen LogP contribution is -2.20. The first kappa shape index (κ1) is 12.0. The zero-order valence-electron chi connectivity index (χ0n) is 10.6. The molecule has 98 valence electrons. The molecular weight excluding hydrogens is 248 g/mol. The van der Waals surface area contributed by atoms with Crippen LogP contribution in [-0.2, 0) is 0 Å². The highest BCUT2D eigenvalue weighted by Gasteiger charge is 2.39. The molecule has 0 spiro atoms. The molecular formula is C13H19ClN4. The second-order valence-corrected chi connectivity index (χ2v) is 5.86. The number of fused-ring (bicyclic) bond motifs is 2. The van der Waals surface area contributed by atoms with Crippen LogP contribution in [0.3, 0.4) is 0 Å². The molecule has 2 saturated carbocycles. The Morgan fingerprint density at radius 3 is 2.94 bits per heavy atom. The first-order valence-corrected chi connectivity index (χ1v) is 7.08. The van der Waals surface area contributed by atoms with Crippen LogP contribution in [0.4, 0.5) is 11.8 Å². The van der Waals surface area contributed by atoms with E-state index in [1.165, 1.54) is 25.7 Å².